The van der Waals surface area contributed by atoms with E-state index in [0.717, 1.165) is 12.5 Å². The van der Waals surface area contributed by atoms with Crippen molar-refractivity contribution in [2.45, 2.75) is 51.7 Å². The Bertz CT molecular complexity index is 573. The van der Waals surface area contributed by atoms with Crippen LogP contribution < -0.4 is 0 Å². The van der Waals surface area contributed by atoms with Crippen LogP contribution in [0.3, 0.4) is 0 Å². The number of fused-ring (bicyclic) bond motifs is 2. The van der Waals surface area contributed by atoms with Crippen molar-refractivity contribution < 1.29 is 9.22 Å². The highest BCUT2D eigenvalue weighted by Crippen LogP contribution is 2.38. The average Bonchev–Trinajstić information content (AvgIpc) is 2.62. The van der Waals surface area contributed by atoms with E-state index >= 15 is 0 Å². The Kier molecular flexibility index (Phi) is 4.78. The minimum absolute atomic E-state index is 0.430. The minimum Gasteiger partial charge on any atom is -0.371 e. The molecule has 1 aromatic rings. The quantitative estimate of drug-likeness (QED) is 0.582. The van der Waals surface area contributed by atoms with E-state index < -0.39 is 0 Å². The van der Waals surface area contributed by atoms with Gasteiger partial charge in [0.15, 0.2) is 0 Å². The Labute approximate surface area is 147 Å². The third kappa shape index (κ3) is 3.45. The molecule has 0 unspecified atom stereocenters. The molecule has 130 valence electrons. The second-order valence-corrected chi connectivity index (χ2v) is 8.44. The molecule has 2 nitrogen and oxygen atoms in total. The van der Waals surface area contributed by atoms with Gasteiger partial charge in [-0.25, -0.2) is 0 Å². The summed E-state index contributed by atoms with van der Waals surface area (Å²) >= 11 is 0. The van der Waals surface area contributed by atoms with Gasteiger partial charge in [-0.2, -0.15) is 0 Å². The van der Waals surface area contributed by atoms with Crippen molar-refractivity contribution in [1.82, 2.24) is 0 Å². The summed E-state index contributed by atoms with van der Waals surface area (Å²) in [6, 6.07) is 11.1. The standard InChI is InChI=1S/C22H32NO/c1-18-10-11-20-14-21(18)22(24-17-20)16-23(12-6-3-7-13-23)15-19-8-4-2-5-9-19/h2,4-5,8-10,20-22H,3,6-7,11-17H2,1H3/q+1/t20-,21-,22+/m1/s1. The normalized spacial score (nSPS) is 32.2. The lowest BCUT2D eigenvalue weighted by Crippen LogP contribution is -2.57. The van der Waals surface area contributed by atoms with E-state index in [1.807, 2.05) is 0 Å². The van der Waals surface area contributed by atoms with Gasteiger partial charge in [0.1, 0.15) is 19.2 Å². The summed E-state index contributed by atoms with van der Waals surface area (Å²) < 4.78 is 7.66. The molecule has 0 amide bonds. The Morgan fingerprint density at radius 1 is 1.08 bits per heavy atom. The number of nitrogens with zero attached hydrogens (tertiary/aromatic N) is 1. The highest BCUT2D eigenvalue weighted by atomic mass is 16.5. The third-order valence-electron chi connectivity index (χ3n) is 6.63. The van der Waals surface area contributed by atoms with Crippen LogP contribution in [0.4, 0.5) is 0 Å². The van der Waals surface area contributed by atoms with Crippen LogP contribution in [-0.4, -0.2) is 36.8 Å². The van der Waals surface area contributed by atoms with Gasteiger partial charge in [0, 0.05) is 11.5 Å². The second-order valence-electron chi connectivity index (χ2n) is 8.44. The number of hydrogen-bond donors (Lipinski definition) is 0. The van der Waals surface area contributed by atoms with E-state index in [0.29, 0.717) is 12.0 Å². The van der Waals surface area contributed by atoms with Crippen LogP contribution in [0, 0.1) is 11.8 Å². The average molecular weight is 327 g/mol. The van der Waals surface area contributed by atoms with Gasteiger partial charge in [-0.1, -0.05) is 42.0 Å². The lowest BCUT2D eigenvalue weighted by Gasteiger charge is -2.47. The lowest BCUT2D eigenvalue weighted by atomic mass is 9.76. The molecule has 0 aromatic heterocycles. The summed E-state index contributed by atoms with van der Waals surface area (Å²) in [5, 5.41) is 0. The van der Waals surface area contributed by atoms with E-state index in [1.54, 1.807) is 5.57 Å². The van der Waals surface area contributed by atoms with Crippen molar-refractivity contribution in [2.24, 2.45) is 11.8 Å². The fourth-order valence-electron chi connectivity index (χ4n) is 5.22. The number of ether oxygens (including phenoxy) is 1. The maximum atomic E-state index is 6.42. The van der Waals surface area contributed by atoms with E-state index in [4.69, 9.17) is 4.74 Å². The largest absolute Gasteiger partial charge is 0.371 e. The van der Waals surface area contributed by atoms with Gasteiger partial charge >= 0.3 is 0 Å². The second kappa shape index (κ2) is 7.01. The molecule has 0 N–H and O–H groups in total. The number of benzene rings is 1. The first kappa shape index (κ1) is 16.4. The van der Waals surface area contributed by atoms with Crippen molar-refractivity contribution in [2.75, 3.05) is 26.2 Å². The highest BCUT2D eigenvalue weighted by molar-refractivity contribution is 5.14. The van der Waals surface area contributed by atoms with Gasteiger partial charge in [-0.05, 0) is 44.9 Å². The molecule has 2 heteroatoms. The first-order valence-corrected chi connectivity index (χ1v) is 9.91. The van der Waals surface area contributed by atoms with Crippen LogP contribution in [0.2, 0.25) is 0 Å². The Hall–Kier alpha value is -1.12. The number of allylic oxidation sites excluding steroid dienone is 1. The lowest BCUT2D eigenvalue weighted by molar-refractivity contribution is -0.948. The Morgan fingerprint density at radius 2 is 1.88 bits per heavy atom. The molecule has 2 bridgehead atoms. The number of rotatable bonds is 4. The maximum Gasteiger partial charge on any atom is 0.113 e. The van der Waals surface area contributed by atoms with E-state index in [1.165, 1.54) is 68.3 Å². The van der Waals surface area contributed by atoms with Gasteiger partial charge in [-0.15, -0.1) is 0 Å². The minimum atomic E-state index is 0.430. The maximum absolute atomic E-state index is 6.42. The van der Waals surface area contributed by atoms with Crippen molar-refractivity contribution in [1.29, 1.82) is 0 Å². The summed E-state index contributed by atoms with van der Waals surface area (Å²) in [6.07, 6.45) is 9.68. The van der Waals surface area contributed by atoms with Crippen LogP contribution in [0.5, 0.6) is 0 Å². The first-order valence-electron chi connectivity index (χ1n) is 9.91. The van der Waals surface area contributed by atoms with Gasteiger partial charge in [0.2, 0.25) is 0 Å². The van der Waals surface area contributed by atoms with Crippen LogP contribution in [0.1, 0.15) is 44.6 Å². The van der Waals surface area contributed by atoms with Crippen LogP contribution in [0.15, 0.2) is 42.0 Å². The van der Waals surface area contributed by atoms with Crippen molar-refractivity contribution in [3.8, 4) is 0 Å². The van der Waals surface area contributed by atoms with Gasteiger partial charge in [0.25, 0.3) is 0 Å². The topological polar surface area (TPSA) is 9.23 Å². The molecule has 2 fully saturated rings. The summed E-state index contributed by atoms with van der Waals surface area (Å²) in [5.74, 6) is 1.45. The number of quaternary nitrogens is 1. The molecule has 24 heavy (non-hydrogen) atoms. The zero-order valence-corrected chi connectivity index (χ0v) is 15.1. The SMILES string of the molecule is CC1=CC[C@H]2CO[C@@H](C[N+]3(Cc4ccccc4)CCCCC3)[C@@H]1C2. The number of piperidine rings is 1. The molecule has 4 rings (SSSR count). The van der Waals surface area contributed by atoms with Gasteiger partial charge < -0.3 is 9.22 Å². The molecule has 3 aliphatic rings. The van der Waals surface area contributed by atoms with Crippen molar-refractivity contribution >= 4 is 0 Å². The Balaban J connectivity index is 1.53. The zero-order chi connectivity index (χ0) is 16.4. The highest BCUT2D eigenvalue weighted by Gasteiger charge is 2.41. The molecule has 2 aliphatic heterocycles. The predicted octanol–water partition coefficient (Wildman–Crippen LogP) is 4.56. The molecule has 0 radical (unpaired) electrons. The first-order chi connectivity index (χ1) is 11.7. The molecule has 1 aromatic carbocycles. The molecule has 0 saturated carbocycles. The van der Waals surface area contributed by atoms with Crippen molar-refractivity contribution in [3.63, 3.8) is 0 Å². The van der Waals surface area contributed by atoms with Gasteiger partial charge in [-0.3, -0.25) is 0 Å². The monoisotopic (exact) mass is 326 g/mol. The predicted molar refractivity (Wildman–Crippen MR) is 98.6 cm³/mol. The molecule has 2 heterocycles. The fraction of sp³-hybridized carbons (Fsp3) is 0.636. The molecule has 2 saturated heterocycles. The smallest absolute Gasteiger partial charge is 0.113 e. The molecule has 1 aliphatic carbocycles. The number of likely N-dealkylation sites (tertiary alicyclic amines) is 1. The van der Waals surface area contributed by atoms with Crippen molar-refractivity contribution in [3.05, 3.63) is 47.5 Å². The summed E-state index contributed by atoms with van der Waals surface area (Å²) in [4.78, 5) is 0. The van der Waals surface area contributed by atoms with E-state index in [-0.39, 0.29) is 0 Å². The number of hydrogen-bond acceptors (Lipinski definition) is 1. The molecular formula is C22H32NO+. The van der Waals surface area contributed by atoms with Gasteiger partial charge in [0.05, 0.1) is 19.7 Å². The molecular weight excluding hydrogens is 294 g/mol. The Morgan fingerprint density at radius 3 is 2.67 bits per heavy atom. The summed E-state index contributed by atoms with van der Waals surface area (Å²) in [7, 11) is 0. The summed E-state index contributed by atoms with van der Waals surface area (Å²) in [6.45, 7) is 8.36. The fourth-order valence-corrected chi connectivity index (χ4v) is 5.22. The zero-order valence-electron chi connectivity index (χ0n) is 15.1. The molecule has 0 spiro atoms. The van der Waals surface area contributed by atoms with Crippen LogP contribution >= 0.6 is 0 Å². The van der Waals surface area contributed by atoms with E-state index in [2.05, 4.69) is 43.3 Å². The molecule has 3 atom stereocenters. The van der Waals surface area contributed by atoms with Crippen LogP contribution in [-0.2, 0) is 11.3 Å². The third-order valence-corrected chi connectivity index (χ3v) is 6.63. The summed E-state index contributed by atoms with van der Waals surface area (Å²) in [5.41, 5.74) is 3.08. The van der Waals surface area contributed by atoms with Crippen LogP contribution in [0.25, 0.3) is 0 Å². The van der Waals surface area contributed by atoms with E-state index in [9.17, 15) is 0 Å².